The maximum absolute atomic E-state index is 12.8. The Morgan fingerprint density at radius 3 is 2.23 bits per heavy atom. The van der Waals surface area contributed by atoms with Crippen molar-refractivity contribution >= 4 is 15.9 Å². The summed E-state index contributed by atoms with van der Waals surface area (Å²) in [5.41, 5.74) is 0.508. The highest BCUT2D eigenvalue weighted by Gasteiger charge is 2.27. The molecule has 1 aromatic heterocycles. The molecule has 1 amide bonds. The number of carbonyl (C=O) groups is 1. The van der Waals surface area contributed by atoms with E-state index in [1.54, 1.807) is 36.1 Å². The molecule has 9 nitrogen and oxygen atoms in total. The highest BCUT2D eigenvalue weighted by molar-refractivity contribution is 7.89. The van der Waals surface area contributed by atoms with Gasteiger partial charge < -0.3 is 9.32 Å². The van der Waals surface area contributed by atoms with Crippen molar-refractivity contribution in [2.45, 2.75) is 37.6 Å². The lowest BCUT2D eigenvalue weighted by Gasteiger charge is -2.34. The molecule has 0 saturated carbocycles. The molecular formula is C20H27N5O4S. The Kier molecular flexibility index (Phi) is 6.16. The summed E-state index contributed by atoms with van der Waals surface area (Å²) in [4.78, 5) is 17.1. The van der Waals surface area contributed by atoms with Crippen LogP contribution >= 0.6 is 0 Å². The first kappa shape index (κ1) is 21.0. The van der Waals surface area contributed by atoms with Crippen LogP contribution in [0, 0.1) is 6.92 Å². The molecule has 0 N–H and O–H groups in total. The maximum atomic E-state index is 12.8. The molecule has 0 aliphatic carbocycles. The van der Waals surface area contributed by atoms with E-state index in [0.717, 1.165) is 19.3 Å². The van der Waals surface area contributed by atoms with Crippen LogP contribution in [0.2, 0.25) is 0 Å². The number of sulfonamides is 1. The average molecular weight is 434 g/mol. The lowest BCUT2D eigenvalue weighted by Crippen LogP contribution is -2.48. The molecule has 10 heteroatoms. The van der Waals surface area contributed by atoms with Crippen LogP contribution in [0.5, 0.6) is 0 Å². The van der Waals surface area contributed by atoms with Crippen molar-refractivity contribution in [2.75, 3.05) is 39.3 Å². The maximum Gasteiger partial charge on any atom is 0.253 e. The Bertz CT molecular complexity index is 975. The number of hydrogen-bond acceptors (Lipinski definition) is 7. The van der Waals surface area contributed by atoms with Crippen molar-refractivity contribution in [1.82, 2.24) is 24.3 Å². The van der Waals surface area contributed by atoms with Gasteiger partial charge in [-0.15, -0.1) is 10.2 Å². The zero-order valence-electron chi connectivity index (χ0n) is 17.2. The molecule has 2 aromatic rings. The van der Waals surface area contributed by atoms with Gasteiger partial charge in [-0.05, 0) is 37.1 Å². The van der Waals surface area contributed by atoms with Gasteiger partial charge in [-0.1, -0.05) is 6.42 Å². The smallest absolute Gasteiger partial charge is 0.253 e. The number of hydrogen-bond donors (Lipinski definition) is 0. The van der Waals surface area contributed by atoms with Gasteiger partial charge in [0.05, 0.1) is 11.4 Å². The molecule has 0 atom stereocenters. The molecule has 4 rings (SSSR count). The van der Waals surface area contributed by atoms with Gasteiger partial charge in [-0.25, -0.2) is 8.42 Å². The van der Waals surface area contributed by atoms with Crippen molar-refractivity contribution in [3.8, 4) is 0 Å². The quantitative estimate of drug-likeness (QED) is 0.705. The molecule has 162 valence electrons. The minimum atomic E-state index is -3.48. The number of benzene rings is 1. The summed E-state index contributed by atoms with van der Waals surface area (Å²) in [5.74, 6) is 1.05. The van der Waals surface area contributed by atoms with Crippen LogP contribution in [0.3, 0.4) is 0 Å². The number of amides is 1. The Labute approximate surface area is 176 Å². The summed E-state index contributed by atoms with van der Waals surface area (Å²) in [7, 11) is -3.48. The van der Waals surface area contributed by atoms with E-state index in [1.165, 1.54) is 4.31 Å². The highest BCUT2D eigenvalue weighted by atomic mass is 32.2. The Morgan fingerprint density at radius 2 is 1.63 bits per heavy atom. The van der Waals surface area contributed by atoms with Crippen molar-refractivity contribution in [2.24, 2.45) is 0 Å². The number of carbonyl (C=O) groups excluding carboxylic acids is 1. The van der Waals surface area contributed by atoms with E-state index in [-0.39, 0.29) is 10.8 Å². The summed E-state index contributed by atoms with van der Waals surface area (Å²) >= 11 is 0. The van der Waals surface area contributed by atoms with Gasteiger partial charge in [0.1, 0.15) is 0 Å². The standard InChI is InChI=1S/C20H27N5O4S/c1-16-21-22-19(29-16)15-23-11-13-24(14-12-23)20(26)17-5-7-18(8-6-17)30(27,28)25-9-3-2-4-10-25/h5-8H,2-4,9-15H2,1H3. The zero-order valence-corrected chi connectivity index (χ0v) is 18.0. The summed E-state index contributed by atoms with van der Waals surface area (Å²) in [6, 6.07) is 6.33. The number of aryl methyl sites for hydroxylation is 1. The van der Waals surface area contributed by atoms with Crippen LogP contribution in [0.1, 0.15) is 41.4 Å². The molecule has 0 spiro atoms. The van der Waals surface area contributed by atoms with Gasteiger partial charge in [-0.3, -0.25) is 9.69 Å². The van der Waals surface area contributed by atoms with E-state index in [9.17, 15) is 13.2 Å². The van der Waals surface area contributed by atoms with Crippen LogP contribution in [-0.4, -0.2) is 77.9 Å². The second kappa shape index (κ2) is 8.83. The van der Waals surface area contributed by atoms with E-state index < -0.39 is 10.0 Å². The van der Waals surface area contributed by atoms with Crippen molar-refractivity contribution in [3.05, 3.63) is 41.6 Å². The number of rotatable bonds is 5. The van der Waals surface area contributed by atoms with E-state index in [4.69, 9.17) is 4.42 Å². The van der Waals surface area contributed by atoms with Crippen LogP contribution in [0.25, 0.3) is 0 Å². The fourth-order valence-corrected chi connectivity index (χ4v) is 5.43. The largest absolute Gasteiger partial charge is 0.424 e. The van der Waals surface area contributed by atoms with Crippen LogP contribution in [0.15, 0.2) is 33.6 Å². The molecule has 0 unspecified atom stereocenters. The van der Waals surface area contributed by atoms with Gasteiger partial charge in [0.15, 0.2) is 0 Å². The molecule has 2 aliphatic rings. The van der Waals surface area contributed by atoms with Crippen LogP contribution in [0.4, 0.5) is 0 Å². The lowest BCUT2D eigenvalue weighted by molar-refractivity contribution is 0.0617. The molecule has 1 aromatic carbocycles. The first-order valence-electron chi connectivity index (χ1n) is 10.3. The Morgan fingerprint density at radius 1 is 0.967 bits per heavy atom. The van der Waals surface area contributed by atoms with Gasteiger partial charge >= 0.3 is 0 Å². The zero-order chi connectivity index (χ0) is 21.1. The highest BCUT2D eigenvalue weighted by Crippen LogP contribution is 2.21. The molecule has 0 radical (unpaired) electrons. The van der Waals surface area contributed by atoms with E-state index in [0.29, 0.717) is 63.2 Å². The van der Waals surface area contributed by atoms with E-state index >= 15 is 0 Å². The Hall–Kier alpha value is -2.30. The van der Waals surface area contributed by atoms with Crippen molar-refractivity contribution in [3.63, 3.8) is 0 Å². The number of nitrogens with zero attached hydrogens (tertiary/aromatic N) is 5. The molecule has 3 heterocycles. The van der Waals surface area contributed by atoms with Crippen molar-refractivity contribution in [1.29, 1.82) is 0 Å². The fraction of sp³-hybridized carbons (Fsp3) is 0.550. The minimum Gasteiger partial charge on any atom is -0.424 e. The van der Waals surface area contributed by atoms with Gasteiger partial charge in [-0.2, -0.15) is 4.31 Å². The van der Waals surface area contributed by atoms with Gasteiger partial charge in [0.2, 0.25) is 21.8 Å². The van der Waals surface area contributed by atoms with E-state index in [2.05, 4.69) is 15.1 Å². The first-order chi connectivity index (χ1) is 14.4. The predicted molar refractivity (Wildman–Crippen MR) is 109 cm³/mol. The minimum absolute atomic E-state index is 0.0785. The predicted octanol–water partition coefficient (Wildman–Crippen LogP) is 1.51. The molecule has 2 fully saturated rings. The third-order valence-corrected chi connectivity index (χ3v) is 7.55. The second-order valence-electron chi connectivity index (χ2n) is 7.77. The van der Waals surface area contributed by atoms with Gasteiger partial charge in [0, 0.05) is 51.8 Å². The number of piperazine rings is 1. The summed E-state index contributed by atoms with van der Waals surface area (Å²) < 4.78 is 32.5. The monoisotopic (exact) mass is 433 g/mol. The Balaban J connectivity index is 1.35. The lowest BCUT2D eigenvalue weighted by atomic mass is 10.2. The number of aromatic nitrogens is 2. The molecule has 0 bridgehead atoms. The fourth-order valence-electron chi connectivity index (χ4n) is 3.91. The van der Waals surface area contributed by atoms with Crippen LogP contribution < -0.4 is 0 Å². The van der Waals surface area contributed by atoms with Gasteiger partial charge in [0.25, 0.3) is 5.91 Å². The van der Waals surface area contributed by atoms with Crippen LogP contribution in [-0.2, 0) is 16.6 Å². The molecule has 2 saturated heterocycles. The summed E-state index contributed by atoms with van der Waals surface area (Å²) in [6.07, 6.45) is 2.86. The third-order valence-electron chi connectivity index (χ3n) is 5.64. The van der Waals surface area contributed by atoms with E-state index in [1.807, 2.05) is 0 Å². The third kappa shape index (κ3) is 4.55. The SMILES string of the molecule is Cc1nnc(CN2CCN(C(=O)c3ccc(S(=O)(=O)N4CCCCC4)cc3)CC2)o1. The average Bonchev–Trinajstić information content (AvgIpc) is 3.19. The summed E-state index contributed by atoms with van der Waals surface area (Å²) in [5, 5.41) is 7.85. The normalized spacial score (nSPS) is 19.2. The first-order valence-corrected chi connectivity index (χ1v) is 11.8. The molecule has 30 heavy (non-hydrogen) atoms. The second-order valence-corrected chi connectivity index (χ2v) is 9.71. The molecular weight excluding hydrogens is 406 g/mol. The topological polar surface area (TPSA) is 99.8 Å². The van der Waals surface area contributed by atoms with Crippen molar-refractivity contribution < 1.29 is 17.6 Å². The molecule has 2 aliphatic heterocycles. The summed E-state index contributed by atoms with van der Waals surface area (Å²) in [6.45, 7) is 6.09. The number of piperidine rings is 1.